The highest BCUT2D eigenvalue weighted by Gasteiger charge is 2.30. The Balaban J connectivity index is 1.35. The van der Waals surface area contributed by atoms with Crippen molar-refractivity contribution in [2.24, 2.45) is 5.92 Å². The quantitative estimate of drug-likeness (QED) is 0.445. The van der Waals surface area contributed by atoms with Crippen LogP contribution in [0.3, 0.4) is 0 Å². The summed E-state index contributed by atoms with van der Waals surface area (Å²) in [5.41, 5.74) is 4.33. The lowest BCUT2D eigenvalue weighted by atomic mass is 9.98. The molecule has 1 atom stereocenters. The van der Waals surface area contributed by atoms with Gasteiger partial charge in [0, 0.05) is 29.6 Å². The van der Waals surface area contributed by atoms with E-state index in [1.807, 2.05) is 89.5 Å². The maximum atomic E-state index is 13.2. The van der Waals surface area contributed by atoms with E-state index in [2.05, 4.69) is 10.6 Å². The van der Waals surface area contributed by atoms with Crippen LogP contribution in [0.1, 0.15) is 28.0 Å². The molecule has 1 fully saturated rings. The molecule has 1 unspecified atom stereocenters. The molecule has 164 valence electrons. The smallest absolute Gasteiger partial charge is 0.272 e. The van der Waals surface area contributed by atoms with Gasteiger partial charge in [-0.25, -0.2) is 0 Å². The van der Waals surface area contributed by atoms with Crippen molar-refractivity contribution < 1.29 is 14.4 Å². The first-order chi connectivity index (χ1) is 16.1. The fraction of sp³-hybridized carbons (Fsp3) is 0.148. The minimum atomic E-state index is -0.327. The van der Waals surface area contributed by atoms with Crippen LogP contribution in [0, 0.1) is 5.92 Å². The molecule has 6 nitrogen and oxygen atoms in total. The average Bonchev–Trinajstić information content (AvgIpc) is 3.34. The van der Waals surface area contributed by atoms with Crippen molar-refractivity contribution in [2.75, 3.05) is 5.32 Å². The molecule has 0 bridgehead atoms. The molecule has 0 radical (unpaired) electrons. The van der Waals surface area contributed by atoms with Crippen LogP contribution in [-0.4, -0.2) is 22.3 Å². The molecule has 3 amide bonds. The number of carbonyl (C=O) groups excluding carboxylic acids is 3. The molecule has 0 spiro atoms. The van der Waals surface area contributed by atoms with Crippen molar-refractivity contribution in [3.05, 3.63) is 102 Å². The Bertz CT molecular complexity index is 1340. The fourth-order valence-corrected chi connectivity index (χ4v) is 4.31. The number of nitrogens with one attached hydrogen (secondary N) is 2. The number of para-hydroxylation sites is 1. The molecule has 2 heterocycles. The molecule has 1 saturated heterocycles. The fourth-order valence-electron chi connectivity index (χ4n) is 4.31. The van der Waals surface area contributed by atoms with Crippen LogP contribution < -0.4 is 10.6 Å². The summed E-state index contributed by atoms with van der Waals surface area (Å²) in [5, 5.41) is 6.34. The number of fused-ring (bicyclic) bond motifs is 1. The first-order valence-electron chi connectivity index (χ1n) is 10.9. The minimum absolute atomic E-state index is 0.185. The van der Waals surface area contributed by atoms with Gasteiger partial charge in [0.1, 0.15) is 5.69 Å². The van der Waals surface area contributed by atoms with Gasteiger partial charge in [-0.15, -0.1) is 0 Å². The Hall–Kier alpha value is -4.19. The highest BCUT2D eigenvalue weighted by Crippen LogP contribution is 2.23. The van der Waals surface area contributed by atoms with Crippen molar-refractivity contribution in [1.29, 1.82) is 0 Å². The van der Waals surface area contributed by atoms with E-state index in [0.717, 1.165) is 22.0 Å². The van der Waals surface area contributed by atoms with E-state index in [1.54, 1.807) is 0 Å². The highest BCUT2D eigenvalue weighted by molar-refractivity contribution is 6.06. The van der Waals surface area contributed by atoms with Crippen molar-refractivity contribution in [2.45, 2.75) is 19.4 Å². The Morgan fingerprint density at radius 3 is 2.36 bits per heavy atom. The molecule has 1 aromatic heterocycles. The van der Waals surface area contributed by atoms with Gasteiger partial charge in [-0.1, -0.05) is 60.7 Å². The zero-order valence-corrected chi connectivity index (χ0v) is 18.0. The predicted octanol–water partition coefficient (Wildman–Crippen LogP) is 4.15. The Morgan fingerprint density at radius 2 is 1.64 bits per heavy atom. The molecule has 6 heteroatoms. The number of amides is 3. The summed E-state index contributed by atoms with van der Waals surface area (Å²) in [6.45, 7) is 0.595. The summed E-state index contributed by atoms with van der Waals surface area (Å²) in [6, 6.07) is 27.4. The molecule has 1 aliphatic rings. The van der Waals surface area contributed by atoms with E-state index < -0.39 is 0 Å². The van der Waals surface area contributed by atoms with Crippen molar-refractivity contribution in [3.63, 3.8) is 0 Å². The lowest BCUT2D eigenvalue weighted by Gasteiger charge is -2.12. The number of carbonyl (C=O) groups is 3. The number of hydrogen-bond donors (Lipinski definition) is 2. The van der Waals surface area contributed by atoms with Gasteiger partial charge in [-0.05, 0) is 41.8 Å². The number of hydrogen-bond acceptors (Lipinski definition) is 3. The van der Waals surface area contributed by atoms with Crippen LogP contribution in [0.2, 0.25) is 0 Å². The number of nitrogens with zero attached hydrogens (tertiary/aromatic N) is 1. The number of rotatable bonds is 6. The second kappa shape index (κ2) is 8.74. The van der Waals surface area contributed by atoms with E-state index in [4.69, 9.17) is 0 Å². The highest BCUT2D eigenvalue weighted by atomic mass is 16.2. The van der Waals surface area contributed by atoms with Gasteiger partial charge < -0.3 is 9.88 Å². The maximum Gasteiger partial charge on any atom is 0.272 e. The number of anilines is 1. The van der Waals surface area contributed by atoms with Gasteiger partial charge in [-0.2, -0.15) is 0 Å². The van der Waals surface area contributed by atoms with Crippen molar-refractivity contribution in [3.8, 4) is 0 Å². The van der Waals surface area contributed by atoms with Crippen molar-refractivity contribution in [1.82, 2.24) is 9.88 Å². The number of imide groups is 1. The summed E-state index contributed by atoms with van der Waals surface area (Å²) in [6.07, 6.45) is 0.723. The summed E-state index contributed by atoms with van der Waals surface area (Å²) in [5.74, 6) is -0.953. The zero-order chi connectivity index (χ0) is 22.8. The Kier molecular flexibility index (Phi) is 5.48. The SMILES string of the molecule is O=C1CC(Cc2ccc(NC(=O)c3cc4ccccc4n3Cc3ccccc3)cc2)C(=O)N1. The second-order valence-corrected chi connectivity index (χ2v) is 8.33. The predicted molar refractivity (Wildman–Crippen MR) is 127 cm³/mol. The third-order valence-electron chi connectivity index (χ3n) is 5.99. The lowest BCUT2D eigenvalue weighted by Crippen LogP contribution is -2.22. The topological polar surface area (TPSA) is 80.2 Å². The number of aromatic nitrogens is 1. The monoisotopic (exact) mass is 437 g/mol. The van der Waals surface area contributed by atoms with Crippen molar-refractivity contribution >= 4 is 34.3 Å². The first-order valence-corrected chi connectivity index (χ1v) is 10.9. The molecule has 4 aromatic rings. The molecule has 0 saturated carbocycles. The summed E-state index contributed by atoms with van der Waals surface area (Å²) in [7, 11) is 0. The van der Waals surface area contributed by atoms with Crippen LogP contribution in [0.5, 0.6) is 0 Å². The van der Waals surface area contributed by atoms with Gasteiger partial charge in [0.05, 0.1) is 5.92 Å². The van der Waals surface area contributed by atoms with E-state index >= 15 is 0 Å². The van der Waals surface area contributed by atoms with E-state index in [0.29, 0.717) is 24.3 Å². The van der Waals surface area contributed by atoms with Crippen LogP contribution in [0.25, 0.3) is 10.9 Å². The first kappa shape index (κ1) is 20.7. The molecular formula is C27H23N3O3. The lowest BCUT2D eigenvalue weighted by molar-refractivity contribution is -0.125. The molecule has 5 rings (SSSR count). The normalized spacial score (nSPS) is 15.6. The Labute approximate surface area is 191 Å². The maximum absolute atomic E-state index is 13.2. The van der Waals surface area contributed by atoms with E-state index in [1.165, 1.54) is 0 Å². The largest absolute Gasteiger partial charge is 0.332 e. The molecule has 2 N–H and O–H groups in total. The summed E-state index contributed by atoms with van der Waals surface area (Å²) in [4.78, 5) is 36.4. The third kappa shape index (κ3) is 4.41. The molecule has 33 heavy (non-hydrogen) atoms. The van der Waals surface area contributed by atoms with Gasteiger partial charge in [0.25, 0.3) is 5.91 Å². The van der Waals surface area contributed by atoms with Gasteiger partial charge >= 0.3 is 0 Å². The number of benzene rings is 3. The standard InChI is InChI=1S/C27H23N3O3/c31-25-16-21(26(32)29-25)14-18-10-12-22(13-11-18)28-27(33)24-15-20-8-4-5-9-23(20)30(24)17-19-6-2-1-3-7-19/h1-13,15,21H,14,16-17H2,(H,28,33)(H,29,31,32). The third-order valence-corrected chi connectivity index (χ3v) is 5.99. The van der Waals surface area contributed by atoms with E-state index in [9.17, 15) is 14.4 Å². The van der Waals surface area contributed by atoms with E-state index in [-0.39, 0.29) is 30.1 Å². The molecule has 0 aliphatic carbocycles. The van der Waals surface area contributed by atoms with Crippen LogP contribution in [0.4, 0.5) is 5.69 Å². The minimum Gasteiger partial charge on any atom is -0.332 e. The summed E-state index contributed by atoms with van der Waals surface area (Å²) >= 11 is 0. The molecular weight excluding hydrogens is 414 g/mol. The summed E-state index contributed by atoms with van der Waals surface area (Å²) < 4.78 is 2.03. The van der Waals surface area contributed by atoms with Gasteiger partial charge in [-0.3, -0.25) is 19.7 Å². The van der Waals surface area contributed by atoms with Gasteiger partial charge in [0.15, 0.2) is 0 Å². The van der Waals surface area contributed by atoms with Crippen LogP contribution >= 0.6 is 0 Å². The second-order valence-electron chi connectivity index (χ2n) is 8.33. The van der Waals surface area contributed by atoms with Gasteiger partial charge in [0.2, 0.25) is 11.8 Å². The molecule has 1 aliphatic heterocycles. The zero-order valence-electron chi connectivity index (χ0n) is 18.0. The Morgan fingerprint density at radius 1 is 0.909 bits per heavy atom. The van der Waals surface area contributed by atoms with Crippen LogP contribution in [-0.2, 0) is 22.6 Å². The van der Waals surface area contributed by atoms with Crippen LogP contribution in [0.15, 0.2) is 84.9 Å². The molecule has 3 aromatic carbocycles. The average molecular weight is 437 g/mol.